The normalized spacial score (nSPS) is 17.8. The molecule has 0 atom stereocenters. The summed E-state index contributed by atoms with van der Waals surface area (Å²) in [6.07, 6.45) is 6.68. The van der Waals surface area contributed by atoms with E-state index < -0.39 is 10.5 Å². The van der Waals surface area contributed by atoms with Crippen LogP contribution in [0.4, 0.5) is 17.3 Å². The van der Waals surface area contributed by atoms with Crippen molar-refractivity contribution < 1.29 is 10.0 Å². The standard InChI is InChI=1S/C12H20N6O3/c13-17-11-9(18(20)21)10(15-8-16-11)14-7-12(19)5-3-1-2-4-6-12/h8,19H,1-7,13H2,(H2,14,15,16,17). The summed E-state index contributed by atoms with van der Waals surface area (Å²) in [6.45, 7) is 0.217. The van der Waals surface area contributed by atoms with Crippen LogP contribution in [0.3, 0.4) is 0 Å². The number of nitro groups is 1. The van der Waals surface area contributed by atoms with Crippen molar-refractivity contribution in [3.05, 3.63) is 16.4 Å². The molecule has 21 heavy (non-hydrogen) atoms. The van der Waals surface area contributed by atoms with Gasteiger partial charge in [0.25, 0.3) is 0 Å². The van der Waals surface area contributed by atoms with Crippen molar-refractivity contribution in [1.29, 1.82) is 0 Å². The highest BCUT2D eigenvalue weighted by molar-refractivity contribution is 5.68. The zero-order valence-corrected chi connectivity index (χ0v) is 11.7. The molecule has 1 aromatic heterocycles. The molecule has 9 nitrogen and oxygen atoms in total. The topological polar surface area (TPSA) is 139 Å². The minimum Gasteiger partial charge on any atom is -0.388 e. The SMILES string of the molecule is NNc1ncnc(NCC2(O)CCCCCC2)c1[N+](=O)[O-]. The number of nitrogens with zero attached hydrogens (tertiary/aromatic N) is 3. The van der Waals surface area contributed by atoms with E-state index in [0.717, 1.165) is 25.7 Å². The molecule has 1 aliphatic rings. The number of hydrogen-bond acceptors (Lipinski definition) is 8. The molecular weight excluding hydrogens is 276 g/mol. The Hall–Kier alpha value is -2.00. The smallest absolute Gasteiger partial charge is 0.354 e. The number of nitrogens with one attached hydrogen (secondary N) is 2. The van der Waals surface area contributed by atoms with E-state index in [0.29, 0.717) is 12.8 Å². The summed E-state index contributed by atoms with van der Waals surface area (Å²) < 4.78 is 0. The Morgan fingerprint density at radius 1 is 1.29 bits per heavy atom. The fraction of sp³-hybridized carbons (Fsp3) is 0.667. The van der Waals surface area contributed by atoms with Crippen LogP contribution in [-0.4, -0.2) is 32.1 Å². The molecule has 5 N–H and O–H groups in total. The van der Waals surface area contributed by atoms with Gasteiger partial charge in [0.1, 0.15) is 6.33 Å². The third-order valence-corrected chi connectivity index (χ3v) is 3.76. The zero-order valence-electron chi connectivity index (χ0n) is 11.7. The van der Waals surface area contributed by atoms with Gasteiger partial charge in [0, 0.05) is 6.54 Å². The quantitative estimate of drug-likeness (QED) is 0.275. The average molecular weight is 296 g/mol. The van der Waals surface area contributed by atoms with Crippen molar-refractivity contribution in [2.24, 2.45) is 5.84 Å². The van der Waals surface area contributed by atoms with Gasteiger partial charge in [0.05, 0.1) is 10.5 Å². The summed E-state index contributed by atoms with van der Waals surface area (Å²) in [5.74, 6) is 5.21. The number of nitrogens with two attached hydrogens (primary N) is 1. The molecule has 0 spiro atoms. The number of nitrogen functional groups attached to an aromatic ring is 1. The van der Waals surface area contributed by atoms with E-state index in [9.17, 15) is 15.2 Å². The summed E-state index contributed by atoms with van der Waals surface area (Å²) in [6, 6.07) is 0. The first-order valence-electron chi connectivity index (χ1n) is 6.98. The van der Waals surface area contributed by atoms with Crippen LogP contribution >= 0.6 is 0 Å². The predicted octanol–water partition coefficient (Wildman–Crippen LogP) is 1.17. The minimum absolute atomic E-state index is 0.0561. The number of aliphatic hydroxyl groups is 1. The van der Waals surface area contributed by atoms with E-state index >= 15 is 0 Å². The maximum Gasteiger partial charge on any atom is 0.354 e. The van der Waals surface area contributed by atoms with Crippen molar-refractivity contribution >= 4 is 17.3 Å². The highest BCUT2D eigenvalue weighted by Crippen LogP contribution is 2.31. The Balaban J connectivity index is 2.14. The summed E-state index contributed by atoms with van der Waals surface area (Å²) in [4.78, 5) is 18.1. The van der Waals surface area contributed by atoms with E-state index in [4.69, 9.17) is 5.84 Å². The van der Waals surface area contributed by atoms with Crippen LogP contribution in [-0.2, 0) is 0 Å². The molecule has 0 radical (unpaired) electrons. The van der Waals surface area contributed by atoms with Crippen molar-refractivity contribution in [2.45, 2.75) is 44.1 Å². The largest absolute Gasteiger partial charge is 0.388 e. The Morgan fingerprint density at radius 2 is 1.90 bits per heavy atom. The predicted molar refractivity (Wildman–Crippen MR) is 77.6 cm³/mol. The molecule has 9 heteroatoms. The van der Waals surface area contributed by atoms with Crippen LogP contribution in [0, 0.1) is 10.1 Å². The Labute approximate surface area is 122 Å². The summed E-state index contributed by atoms with van der Waals surface area (Å²) >= 11 is 0. The lowest BCUT2D eigenvalue weighted by Gasteiger charge is -2.26. The minimum atomic E-state index is -0.856. The fourth-order valence-electron chi connectivity index (χ4n) is 2.60. The van der Waals surface area contributed by atoms with Crippen LogP contribution in [0.2, 0.25) is 0 Å². The molecule has 1 fully saturated rings. The van der Waals surface area contributed by atoms with E-state index in [1.54, 1.807) is 0 Å². The highest BCUT2D eigenvalue weighted by atomic mass is 16.6. The number of hydrazine groups is 1. The fourth-order valence-corrected chi connectivity index (χ4v) is 2.60. The Kier molecular flexibility index (Phi) is 4.86. The van der Waals surface area contributed by atoms with Crippen molar-refractivity contribution in [3.63, 3.8) is 0 Å². The third kappa shape index (κ3) is 3.76. The molecule has 0 aliphatic heterocycles. The van der Waals surface area contributed by atoms with Crippen LogP contribution in [0.5, 0.6) is 0 Å². The summed E-state index contributed by atoms with van der Waals surface area (Å²) in [5.41, 5.74) is 1.00. The Bertz CT molecular complexity index is 502. The lowest BCUT2D eigenvalue weighted by Crippen LogP contribution is -2.36. The zero-order chi connectivity index (χ0) is 15.3. The van der Waals surface area contributed by atoms with Gasteiger partial charge in [-0.25, -0.2) is 15.8 Å². The van der Waals surface area contributed by atoms with E-state index in [2.05, 4.69) is 20.7 Å². The van der Waals surface area contributed by atoms with Gasteiger partial charge in [-0.15, -0.1) is 0 Å². The highest BCUT2D eigenvalue weighted by Gasteiger charge is 2.30. The summed E-state index contributed by atoms with van der Waals surface area (Å²) in [7, 11) is 0. The van der Waals surface area contributed by atoms with Gasteiger partial charge in [-0.1, -0.05) is 25.7 Å². The molecule has 116 valence electrons. The van der Waals surface area contributed by atoms with Crippen LogP contribution < -0.4 is 16.6 Å². The molecule has 0 bridgehead atoms. The number of anilines is 2. The van der Waals surface area contributed by atoms with E-state index in [-0.39, 0.29) is 23.9 Å². The van der Waals surface area contributed by atoms with Gasteiger partial charge in [-0.2, -0.15) is 0 Å². The molecule has 1 aliphatic carbocycles. The van der Waals surface area contributed by atoms with Crippen molar-refractivity contribution in [2.75, 3.05) is 17.3 Å². The van der Waals surface area contributed by atoms with Gasteiger partial charge in [-0.05, 0) is 12.8 Å². The number of rotatable bonds is 5. The molecule has 0 unspecified atom stereocenters. The molecule has 1 heterocycles. The first kappa shape index (κ1) is 15.4. The first-order chi connectivity index (χ1) is 10.1. The van der Waals surface area contributed by atoms with Gasteiger partial charge in [0.15, 0.2) is 0 Å². The molecule has 0 amide bonds. The van der Waals surface area contributed by atoms with Crippen molar-refractivity contribution in [1.82, 2.24) is 9.97 Å². The van der Waals surface area contributed by atoms with E-state index in [1.807, 2.05) is 0 Å². The van der Waals surface area contributed by atoms with Crippen LogP contribution in [0.25, 0.3) is 0 Å². The average Bonchev–Trinajstić information content (AvgIpc) is 2.69. The number of aromatic nitrogens is 2. The summed E-state index contributed by atoms with van der Waals surface area (Å²) in [5, 5.41) is 24.5. The second kappa shape index (κ2) is 6.64. The monoisotopic (exact) mass is 296 g/mol. The molecular formula is C12H20N6O3. The van der Waals surface area contributed by atoms with Crippen LogP contribution in [0.1, 0.15) is 38.5 Å². The molecule has 0 saturated heterocycles. The van der Waals surface area contributed by atoms with Crippen molar-refractivity contribution in [3.8, 4) is 0 Å². The van der Waals surface area contributed by atoms with Crippen LogP contribution in [0.15, 0.2) is 6.33 Å². The van der Waals surface area contributed by atoms with Gasteiger partial charge in [0.2, 0.25) is 11.6 Å². The third-order valence-electron chi connectivity index (χ3n) is 3.76. The molecule has 2 rings (SSSR count). The second-order valence-electron chi connectivity index (χ2n) is 5.31. The van der Waals surface area contributed by atoms with Gasteiger partial charge < -0.3 is 15.8 Å². The molecule has 1 aromatic rings. The first-order valence-corrected chi connectivity index (χ1v) is 6.98. The lowest BCUT2D eigenvalue weighted by molar-refractivity contribution is -0.383. The Morgan fingerprint density at radius 3 is 2.48 bits per heavy atom. The number of hydrogen-bond donors (Lipinski definition) is 4. The molecule has 0 aromatic carbocycles. The maximum atomic E-state index is 11.1. The lowest BCUT2D eigenvalue weighted by atomic mass is 9.94. The van der Waals surface area contributed by atoms with Gasteiger partial charge in [-0.3, -0.25) is 10.1 Å². The van der Waals surface area contributed by atoms with E-state index in [1.165, 1.54) is 6.33 Å². The molecule has 1 saturated carbocycles. The van der Waals surface area contributed by atoms with Gasteiger partial charge >= 0.3 is 5.69 Å². The second-order valence-corrected chi connectivity index (χ2v) is 5.31. The maximum absolute atomic E-state index is 11.1.